The summed E-state index contributed by atoms with van der Waals surface area (Å²) >= 11 is 12.1. The van der Waals surface area contributed by atoms with E-state index in [1.54, 1.807) is 66.7 Å². The highest BCUT2D eigenvalue weighted by Gasteiger charge is 2.08. The van der Waals surface area contributed by atoms with Crippen LogP contribution in [0.2, 0.25) is 10.0 Å². The fourth-order valence-corrected chi connectivity index (χ4v) is 3.28. The van der Waals surface area contributed by atoms with Gasteiger partial charge in [0.2, 0.25) is 5.91 Å². The maximum Gasteiger partial charge on any atom is 0.255 e. The van der Waals surface area contributed by atoms with Crippen LogP contribution in [0.1, 0.15) is 15.9 Å². The maximum absolute atomic E-state index is 12.2. The lowest BCUT2D eigenvalue weighted by Gasteiger charge is -2.08. The number of methoxy groups -OCH3 is 1. The molecule has 0 saturated heterocycles. The van der Waals surface area contributed by atoms with Crippen molar-refractivity contribution in [1.29, 1.82) is 0 Å². The van der Waals surface area contributed by atoms with E-state index < -0.39 is 0 Å². The number of amides is 2. The largest absolute Gasteiger partial charge is 0.495 e. The smallest absolute Gasteiger partial charge is 0.255 e. The van der Waals surface area contributed by atoms with Crippen LogP contribution in [0, 0.1) is 0 Å². The number of rotatable bonds is 6. The van der Waals surface area contributed by atoms with Gasteiger partial charge in [0.1, 0.15) is 5.75 Å². The van der Waals surface area contributed by atoms with Gasteiger partial charge < -0.3 is 15.4 Å². The van der Waals surface area contributed by atoms with Crippen LogP contribution in [0.5, 0.6) is 5.75 Å². The SMILES string of the molecule is COc1c(Cl)cc(Cl)cc1/C=C/C(=O)Nc1ccc(NC(=O)c2ccccc2)cc1. The number of carbonyl (C=O) groups excluding carboxylic acids is 2. The van der Waals surface area contributed by atoms with E-state index >= 15 is 0 Å². The minimum atomic E-state index is -0.339. The van der Waals surface area contributed by atoms with Gasteiger partial charge in [0.05, 0.1) is 12.1 Å². The summed E-state index contributed by atoms with van der Waals surface area (Å²) < 4.78 is 5.25. The minimum Gasteiger partial charge on any atom is -0.495 e. The van der Waals surface area contributed by atoms with Crippen LogP contribution in [0.3, 0.4) is 0 Å². The molecule has 7 heteroatoms. The van der Waals surface area contributed by atoms with Gasteiger partial charge in [0.15, 0.2) is 0 Å². The monoisotopic (exact) mass is 440 g/mol. The molecule has 152 valence electrons. The first kappa shape index (κ1) is 21.4. The van der Waals surface area contributed by atoms with Gasteiger partial charge in [0.25, 0.3) is 5.91 Å². The zero-order chi connectivity index (χ0) is 21.5. The predicted octanol–water partition coefficient (Wildman–Crippen LogP) is 5.91. The Morgan fingerprint density at radius 1 is 0.900 bits per heavy atom. The molecule has 0 saturated carbocycles. The summed E-state index contributed by atoms with van der Waals surface area (Å²) in [6.45, 7) is 0. The lowest BCUT2D eigenvalue weighted by molar-refractivity contribution is -0.111. The van der Waals surface area contributed by atoms with E-state index in [-0.39, 0.29) is 11.8 Å². The fraction of sp³-hybridized carbons (Fsp3) is 0.0435. The second-order valence-corrected chi connectivity index (χ2v) is 7.07. The van der Waals surface area contributed by atoms with E-state index in [9.17, 15) is 9.59 Å². The number of benzene rings is 3. The van der Waals surface area contributed by atoms with Crippen LogP contribution in [-0.2, 0) is 4.79 Å². The highest BCUT2D eigenvalue weighted by Crippen LogP contribution is 2.33. The van der Waals surface area contributed by atoms with E-state index in [0.29, 0.717) is 38.3 Å². The van der Waals surface area contributed by atoms with Crippen molar-refractivity contribution in [2.45, 2.75) is 0 Å². The highest BCUT2D eigenvalue weighted by molar-refractivity contribution is 6.36. The standard InChI is InChI=1S/C23H18Cl2N2O3/c1-30-22-16(13-17(24)14-20(22)25)7-12-21(28)26-18-8-10-19(11-9-18)27-23(29)15-5-3-2-4-6-15/h2-14H,1H3,(H,26,28)(H,27,29)/b12-7+. The summed E-state index contributed by atoms with van der Waals surface area (Å²) in [5, 5.41) is 6.35. The molecular formula is C23H18Cl2N2O3. The molecule has 0 spiro atoms. The van der Waals surface area contributed by atoms with Crippen molar-refractivity contribution in [3.05, 3.63) is 94.0 Å². The molecule has 0 unspecified atom stereocenters. The predicted molar refractivity (Wildman–Crippen MR) is 122 cm³/mol. The topological polar surface area (TPSA) is 67.4 Å². The quantitative estimate of drug-likeness (QED) is 0.468. The molecule has 0 atom stereocenters. The van der Waals surface area contributed by atoms with E-state index in [2.05, 4.69) is 10.6 Å². The molecule has 0 aromatic heterocycles. The van der Waals surface area contributed by atoms with Gasteiger partial charge in [-0.3, -0.25) is 9.59 Å². The minimum absolute atomic E-state index is 0.204. The van der Waals surface area contributed by atoms with Crippen molar-refractivity contribution < 1.29 is 14.3 Å². The van der Waals surface area contributed by atoms with Crippen molar-refractivity contribution in [2.24, 2.45) is 0 Å². The Balaban J connectivity index is 1.62. The van der Waals surface area contributed by atoms with Crippen molar-refractivity contribution in [3.8, 4) is 5.75 Å². The first-order valence-corrected chi connectivity index (χ1v) is 9.70. The first-order valence-electron chi connectivity index (χ1n) is 8.95. The summed E-state index contributed by atoms with van der Waals surface area (Å²) in [6, 6.07) is 18.9. The van der Waals surface area contributed by atoms with Gasteiger partial charge in [-0.25, -0.2) is 0 Å². The number of hydrogen-bond donors (Lipinski definition) is 2. The molecule has 0 fully saturated rings. The van der Waals surface area contributed by atoms with E-state index in [4.69, 9.17) is 27.9 Å². The zero-order valence-corrected chi connectivity index (χ0v) is 17.5. The van der Waals surface area contributed by atoms with Crippen molar-refractivity contribution in [2.75, 3.05) is 17.7 Å². The lowest BCUT2D eigenvalue weighted by Crippen LogP contribution is -2.12. The normalized spacial score (nSPS) is 10.6. The summed E-state index contributed by atoms with van der Waals surface area (Å²) in [5.74, 6) is -0.109. The molecular weight excluding hydrogens is 423 g/mol. The summed E-state index contributed by atoms with van der Waals surface area (Å²) in [4.78, 5) is 24.4. The molecule has 0 aliphatic carbocycles. The number of anilines is 2. The Morgan fingerprint density at radius 3 is 2.17 bits per heavy atom. The summed E-state index contributed by atoms with van der Waals surface area (Å²) in [5.41, 5.74) is 2.36. The van der Waals surface area contributed by atoms with Crippen LogP contribution < -0.4 is 15.4 Å². The molecule has 2 amide bonds. The van der Waals surface area contributed by atoms with Crippen LogP contribution in [0.15, 0.2) is 72.8 Å². The Hall–Kier alpha value is -3.28. The van der Waals surface area contributed by atoms with Crippen LogP contribution in [0.4, 0.5) is 11.4 Å². The number of ether oxygens (including phenoxy) is 1. The van der Waals surface area contributed by atoms with E-state index in [1.165, 1.54) is 13.2 Å². The molecule has 3 aromatic carbocycles. The van der Waals surface area contributed by atoms with E-state index in [0.717, 1.165) is 0 Å². The number of nitrogens with one attached hydrogen (secondary N) is 2. The van der Waals surface area contributed by atoms with Crippen molar-refractivity contribution >= 4 is 52.5 Å². The number of carbonyl (C=O) groups is 2. The maximum atomic E-state index is 12.2. The van der Waals surface area contributed by atoms with Gasteiger partial charge in [-0.1, -0.05) is 41.4 Å². The van der Waals surface area contributed by atoms with Crippen LogP contribution in [-0.4, -0.2) is 18.9 Å². The van der Waals surface area contributed by atoms with Crippen molar-refractivity contribution in [1.82, 2.24) is 0 Å². The van der Waals surface area contributed by atoms with Gasteiger partial charge in [0, 0.05) is 33.6 Å². The third-order valence-electron chi connectivity index (χ3n) is 4.10. The third kappa shape index (κ3) is 5.63. The van der Waals surface area contributed by atoms with Crippen LogP contribution >= 0.6 is 23.2 Å². The Morgan fingerprint density at radius 2 is 1.53 bits per heavy atom. The first-order chi connectivity index (χ1) is 14.5. The average molecular weight is 441 g/mol. The molecule has 5 nitrogen and oxygen atoms in total. The van der Waals surface area contributed by atoms with Crippen molar-refractivity contribution in [3.63, 3.8) is 0 Å². The molecule has 0 heterocycles. The molecule has 3 rings (SSSR count). The molecule has 0 bridgehead atoms. The molecule has 0 aliphatic heterocycles. The molecule has 2 N–H and O–H groups in total. The Kier molecular flexibility index (Phi) is 7.12. The summed E-state index contributed by atoms with van der Waals surface area (Å²) in [6.07, 6.45) is 2.93. The molecule has 3 aromatic rings. The Bertz CT molecular complexity index is 1080. The second kappa shape index (κ2) is 9.96. The number of hydrogen-bond acceptors (Lipinski definition) is 3. The van der Waals surface area contributed by atoms with Gasteiger partial charge in [-0.2, -0.15) is 0 Å². The molecule has 30 heavy (non-hydrogen) atoms. The average Bonchev–Trinajstić information content (AvgIpc) is 2.74. The van der Waals surface area contributed by atoms with Gasteiger partial charge in [-0.15, -0.1) is 0 Å². The third-order valence-corrected chi connectivity index (χ3v) is 4.60. The van der Waals surface area contributed by atoms with E-state index in [1.807, 2.05) is 6.07 Å². The van der Waals surface area contributed by atoms with Crippen LogP contribution in [0.25, 0.3) is 6.08 Å². The lowest BCUT2D eigenvalue weighted by atomic mass is 10.2. The Labute approximate surface area is 184 Å². The highest BCUT2D eigenvalue weighted by atomic mass is 35.5. The molecule has 0 radical (unpaired) electrons. The zero-order valence-electron chi connectivity index (χ0n) is 16.0. The fourth-order valence-electron chi connectivity index (χ4n) is 2.70. The summed E-state index contributed by atoms with van der Waals surface area (Å²) in [7, 11) is 1.49. The molecule has 0 aliphatic rings. The van der Waals surface area contributed by atoms with Gasteiger partial charge >= 0.3 is 0 Å². The second-order valence-electron chi connectivity index (χ2n) is 6.23. The number of halogens is 2. The van der Waals surface area contributed by atoms with Gasteiger partial charge in [-0.05, 0) is 54.6 Å².